The number of carbonyl (C=O) groups is 1. The quantitative estimate of drug-likeness (QED) is 0.205. The number of carbonyl (C=O) groups excluding carboxylic acids is 1. The molecule has 0 aliphatic carbocycles. The van der Waals surface area contributed by atoms with Gasteiger partial charge in [-0.25, -0.2) is 0 Å². The summed E-state index contributed by atoms with van der Waals surface area (Å²) in [5.41, 5.74) is 7.19. The molecule has 1 fully saturated rings. The van der Waals surface area contributed by atoms with Crippen molar-refractivity contribution in [2.24, 2.45) is 5.73 Å². The highest BCUT2D eigenvalue weighted by Gasteiger charge is 2.26. The number of hydrogen-bond donors (Lipinski definition) is 9. The monoisotopic (exact) mass is 597 g/mol. The van der Waals surface area contributed by atoms with E-state index < -0.39 is 0 Å². The molecule has 1 aromatic rings. The van der Waals surface area contributed by atoms with Crippen molar-refractivity contribution < 1.29 is 4.79 Å². The maximum absolute atomic E-state index is 12.5. The average Bonchev–Trinajstić information content (AvgIpc) is 2.96. The van der Waals surface area contributed by atoms with Gasteiger partial charge in [0.1, 0.15) is 0 Å². The van der Waals surface area contributed by atoms with E-state index in [1.54, 1.807) is 0 Å². The molecule has 1 saturated heterocycles. The number of rotatable bonds is 4. The summed E-state index contributed by atoms with van der Waals surface area (Å²) >= 11 is 0. The molecular weight excluding hydrogens is 543 g/mol. The van der Waals surface area contributed by atoms with Crippen LogP contribution in [0.3, 0.4) is 0 Å². The molecule has 10 nitrogen and oxygen atoms in total. The lowest BCUT2D eigenvalue weighted by atomic mass is 10.0. The van der Waals surface area contributed by atoms with Gasteiger partial charge in [0.25, 0.3) is 0 Å². The zero-order chi connectivity index (χ0) is 28.4. The van der Waals surface area contributed by atoms with Crippen molar-refractivity contribution in [2.45, 2.75) is 30.6 Å². The summed E-state index contributed by atoms with van der Waals surface area (Å²) in [7, 11) is 3.67. The summed E-state index contributed by atoms with van der Waals surface area (Å²) in [5.74, 6) is 0.774. The number of primary amides is 1. The van der Waals surface area contributed by atoms with E-state index in [0.717, 1.165) is 117 Å². The summed E-state index contributed by atoms with van der Waals surface area (Å²) in [5, 5.41) is 27.9. The third kappa shape index (κ3) is 19.2. The van der Waals surface area contributed by atoms with Gasteiger partial charge in [-0.1, -0.05) is 51.9 Å². The van der Waals surface area contributed by atoms with E-state index in [0.29, 0.717) is 6.54 Å². The Labute approximate surface area is 250 Å². The van der Waals surface area contributed by atoms with Crippen LogP contribution in [0.4, 0.5) is 0 Å². The minimum absolute atomic E-state index is 0.119. The molecule has 10 N–H and O–H groups in total. The fourth-order valence-corrected chi connectivity index (χ4v) is 7.16. The number of amides is 1. The first-order valence-corrected chi connectivity index (χ1v) is 17.5. The summed E-state index contributed by atoms with van der Waals surface area (Å²) in [6.07, 6.45) is 2.94. The van der Waals surface area contributed by atoms with Gasteiger partial charge < -0.3 is 48.3 Å². The topological polar surface area (TPSA) is 139 Å². The molecule has 0 radical (unpaired) electrons. The van der Waals surface area contributed by atoms with E-state index in [-0.39, 0.29) is 17.2 Å². The van der Waals surface area contributed by atoms with Gasteiger partial charge in [-0.05, 0) is 31.4 Å². The van der Waals surface area contributed by atoms with Crippen LogP contribution in [0, 0.1) is 0 Å². The van der Waals surface area contributed by atoms with E-state index in [1.807, 2.05) is 27.7 Å². The molecule has 0 spiro atoms. The van der Waals surface area contributed by atoms with Gasteiger partial charge in [-0.3, -0.25) is 4.79 Å². The predicted octanol–water partition coefficient (Wildman–Crippen LogP) is -0.656. The normalized spacial score (nSPS) is 24.2. The third-order valence-electron chi connectivity index (χ3n) is 6.55. The molecule has 2 unspecified atom stereocenters. The predicted molar refractivity (Wildman–Crippen MR) is 174 cm³/mol. The highest BCUT2D eigenvalue weighted by atomic mass is 33.1. The van der Waals surface area contributed by atoms with Crippen molar-refractivity contribution >= 4 is 27.5 Å². The van der Waals surface area contributed by atoms with E-state index in [4.69, 9.17) is 5.73 Å². The molecule has 0 bridgehead atoms. The standard InChI is InChI=1S/C28H55N9OS2/c29-28(38)27-26(8-7-25-5-2-1-3-6-25)40-39-24-4-9-30-10-11-31-12-13-32-14-15-33-16-17-34-18-19-35-20-21-36-22-23-37-27/h1-3,5-6,26-27,30-37H,4,7-24H2,(H2,29,38). The van der Waals surface area contributed by atoms with E-state index in [2.05, 4.69) is 66.8 Å². The number of aryl methyl sites for hydroxylation is 1. The van der Waals surface area contributed by atoms with E-state index in [1.165, 1.54) is 5.56 Å². The SMILES string of the molecule is NC(=O)C1NCCNCCNCCNCCNCCNCCNCCNCCCSSC1CCc1ccccc1. The molecule has 1 aliphatic rings. The highest BCUT2D eigenvalue weighted by Crippen LogP contribution is 2.32. The zero-order valence-corrected chi connectivity index (χ0v) is 25.9. The first kappa shape index (κ1) is 35.3. The van der Waals surface area contributed by atoms with Gasteiger partial charge in [-0.15, -0.1) is 0 Å². The summed E-state index contributed by atoms with van der Waals surface area (Å²) < 4.78 is 0. The van der Waals surface area contributed by atoms with Gasteiger partial charge in [0, 0.05) is 103 Å². The van der Waals surface area contributed by atoms with Crippen LogP contribution in [-0.4, -0.2) is 121 Å². The largest absolute Gasteiger partial charge is 0.368 e. The van der Waals surface area contributed by atoms with Gasteiger partial charge in [0.05, 0.1) is 6.04 Å². The van der Waals surface area contributed by atoms with E-state index >= 15 is 0 Å². The second-order valence-electron chi connectivity index (χ2n) is 9.92. The third-order valence-corrected chi connectivity index (χ3v) is 9.55. The Balaban J connectivity index is 1.78. The highest BCUT2D eigenvalue weighted by molar-refractivity contribution is 8.77. The Morgan fingerprint density at radius 2 is 1.12 bits per heavy atom. The minimum atomic E-state index is -0.351. The summed E-state index contributed by atoms with van der Waals surface area (Å²) in [6, 6.07) is 10.1. The smallest absolute Gasteiger partial charge is 0.235 e. The maximum Gasteiger partial charge on any atom is 0.235 e. The molecule has 1 heterocycles. The fourth-order valence-electron chi connectivity index (χ4n) is 4.28. The first-order chi connectivity index (χ1) is 19.8. The lowest BCUT2D eigenvalue weighted by molar-refractivity contribution is -0.120. The maximum atomic E-state index is 12.5. The van der Waals surface area contributed by atoms with Crippen molar-refractivity contribution in [3.05, 3.63) is 35.9 Å². The second kappa shape index (κ2) is 25.8. The molecule has 40 heavy (non-hydrogen) atoms. The van der Waals surface area contributed by atoms with Crippen molar-refractivity contribution in [1.29, 1.82) is 0 Å². The van der Waals surface area contributed by atoms with Crippen molar-refractivity contribution in [1.82, 2.24) is 42.5 Å². The van der Waals surface area contributed by atoms with Gasteiger partial charge in [0.2, 0.25) is 5.91 Å². The molecule has 1 aliphatic heterocycles. The Bertz CT molecular complexity index is 720. The van der Waals surface area contributed by atoms with Gasteiger partial charge >= 0.3 is 0 Å². The van der Waals surface area contributed by atoms with Crippen LogP contribution in [0.2, 0.25) is 0 Å². The molecule has 2 atom stereocenters. The lowest BCUT2D eigenvalue weighted by Gasteiger charge is -2.25. The first-order valence-electron chi connectivity index (χ1n) is 15.1. The lowest BCUT2D eigenvalue weighted by Crippen LogP contribution is -2.50. The molecule has 12 heteroatoms. The summed E-state index contributed by atoms with van der Waals surface area (Å²) in [6.45, 7) is 14.1. The Morgan fingerprint density at radius 1 is 0.675 bits per heavy atom. The van der Waals surface area contributed by atoms with Crippen LogP contribution in [0.5, 0.6) is 0 Å². The van der Waals surface area contributed by atoms with Crippen LogP contribution in [-0.2, 0) is 11.2 Å². The molecule has 0 saturated carbocycles. The number of nitrogens with one attached hydrogen (secondary N) is 8. The molecule has 1 amide bonds. The van der Waals surface area contributed by atoms with Crippen molar-refractivity contribution in [3.8, 4) is 0 Å². The van der Waals surface area contributed by atoms with Crippen molar-refractivity contribution in [3.63, 3.8) is 0 Å². The van der Waals surface area contributed by atoms with Crippen molar-refractivity contribution in [2.75, 3.05) is 104 Å². The molecule has 1 aromatic carbocycles. The molecular formula is C28H55N9OS2. The van der Waals surface area contributed by atoms with Crippen LogP contribution in [0.15, 0.2) is 30.3 Å². The second-order valence-corrected chi connectivity index (χ2v) is 12.6. The van der Waals surface area contributed by atoms with Crippen LogP contribution in [0.1, 0.15) is 18.4 Å². The number of benzene rings is 1. The van der Waals surface area contributed by atoms with Crippen LogP contribution in [0.25, 0.3) is 0 Å². The van der Waals surface area contributed by atoms with Crippen LogP contribution < -0.4 is 48.3 Å². The molecule has 230 valence electrons. The Morgan fingerprint density at radius 3 is 1.60 bits per heavy atom. The van der Waals surface area contributed by atoms with Gasteiger partial charge in [-0.2, -0.15) is 0 Å². The number of hydrogen-bond acceptors (Lipinski definition) is 11. The minimum Gasteiger partial charge on any atom is -0.368 e. The molecule has 2 rings (SSSR count). The summed E-state index contributed by atoms with van der Waals surface area (Å²) in [4.78, 5) is 12.5. The van der Waals surface area contributed by atoms with Crippen LogP contribution >= 0.6 is 21.6 Å². The Kier molecular flexibility index (Phi) is 22.7. The number of nitrogens with two attached hydrogens (primary N) is 1. The zero-order valence-electron chi connectivity index (χ0n) is 24.3. The molecule has 0 aromatic heterocycles. The van der Waals surface area contributed by atoms with E-state index in [9.17, 15) is 4.79 Å². The Hall–Kier alpha value is -0.930. The van der Waals surface area contributed by atoms with Gasteiger partial charge in [0.15, 0.2) is 0 Å². The average molecular weight is 598 g/mol. The fraction of sp³-hybridized carbons (Fsp3) is 0.750.